The number of carbonyl (C=O) groups is 1. The Labute approximate surface area is 115 Å². The number of rotatable bonds is 1. The van der Waals surface area contributed by atoms with Crippen LogP contribution in [0, 0.1) is 0 Å². The summed E-state index contributed by atoms with van der Waals surface area (Å²) in [4.78, 5) is 14.8. The Morgan fingerprint density at radius 1 is 1.26 bits per heavy atom. The molecular formula is C16H22N2O. The fourth-order valence-electron chi connectivity index (χ4n) is 3.41. The molecule has 1 amide bonds. The molecule has 3 rings (SSSR count). The fraction of sp³-hybridized carbons (Fsp3) is 0.562. The van der Waals surface area contributed by atoms with E-state index >= 15 is 0 Å². The van der Waals surface area contributed by atoms with E-state index in [0.717, 1.165) is 31.4 Å². The van der Waals surface area contributed by atoms with E-state index in [9.17, 15) is 4.79 Å². The Morgan fingerprint density at radius 2 is 2.00 bits per heavy atom. The van der Waals surface area contributed by atoms with E-state index in [1.807, 2.05) is 6.07 Å². The summed E-state index contributed by atoms with van der Waals surface area (Å²) >= 11 is 0. The Balaban J connectivity index is 1.86. The second-order valence-electron chi connectivity index (χ2n) is 5.89. The predicted molar refractivity (Wildman–Crippen MR) is 77.6 cm³/mol. The van der Waals surface area contributed by atoms with Crippen LogP contribution in [0.15, 0.2) is 18.2 Å². The number of nitrogens with zero attached hydrogens (tertiary/aromatic N) is 1. The number of anilines is 1. The van der Waals surface area contributed by atoms with E-state index in [1.165, 1.54) is 17.7 Å². The summed E-state index contributed by atoms with van der Waals surface area (Å²) in [5.41, 5.74) is 3.32. The Morgan fingerprint density at radius 3 is 2.74 bits per heavy atom. The van der Waals surface area contributed by atoms with Gasteiger partial charge in [0.25, 0.3) is 5.91 Å². The van der Waals surface area contributed by atoms with Gasteiger partial charge in [-0.3, -0.25) is 4.79 Å². The van der Waals surface area contributed by atoms with Crippen molar-refractivity contribution in [1.29, 1.82) is 0 Å². The van der Waals surface area contributed by atoms with Crippen LogP contribution >= 0.6 is 0 Å². The van der Waals surface area contributed by atoms with Crippen molar-refractivity contribution in [2.24, 2.45) is 0 Å². The van der Waals surface area contributed by atoms with Gasteiger partial charge < -0.3 is 10.2 Å². The molecule has 2 atom stereocenters. The quantitative estimate of drug-likeness (QED) is 0.839. The topological polar surface area (TPSA) is 32.3 Å². The zero-order valence-corrected chi connectivity index (χ0v) is 11.8. The van der Waals surface area contributed by atoms with Crippen molar-refractivity contribution < 1.29 is 4.79 Å². The van der Waals surface area contributed by atoms with Crippen molar-refractivity contribution in [3.63, 3.8) is 0 Å². The Hall–Kier alpha value is -1.51. The molecule has 0 aliphatic carbocycles. The van der Waals surface area contributed by atoms with E-state index < -0.39 is 0 Å². The number of nitrogens with one attached hydrogen (secondary N) is 1. The first-order valence-electron chi connectivity index (χ1n) is 7.36. The number of carbonyl (C=O) groups excluding carboxylic acids is 1. The van der Waals surface area contributed by atoms with E-state index in [-0.39, 0.29) is 5.91 Å². The van der Waals surface area contributed by atoms with Crippen LogP contribution in [0.5, 0.6) is 0 Å². The largest absolute Gasteiger partial charge is 0.384 e. The van der Waals surface area contributed by atoms with Gasteiger partial charge >= 0.3 is 0 Å². The van der Waals surface area contributed by atoms with Crippen molar-refractivity contribution in [1.82, 2.24) is 4.90 Å². The van der Waals surface area contributed by atoms with Crippen LogP contribution in [-0.4, -0.2) is 29.4 Å². The van der Waals surface area contributed by atoms with Gasteiger partial charge in [0.1, 0.15) is 0 Å². The minimum atomic E-state index is 0.203. The minimum Gasteiger partial charge on any atom is -0.384 e. The number of likely N-dealkylation sites (tertiary alicyclic amines) is 1. The lowest BCUT2D eigenvalue weighted by Crippen LogP contribution is -2.47. The van der Waals surface area contributed by atoms with Crippen molar-refractivity contribution in [3.8, 4) is 0 Å². The molecule has 0 aromatic heterocycles. The second kappa shape index (κ2) is 4.87. The van der Waals surface area contributed by atoms with E-state index in [1.54, 1.807) is 0 Å². The van der Waals surface area contributed by atoms with Gasteiger partial charge in [-0.15, -0.1) is 0 Å². The molecule has 1 aromatic rings. The average molecular weight is 258 g/mol. The minimum absolute atomic E-state index is 0.203. The number of hydrogen-bond donors (Lipinski definition) is 1. The summed E-state index contributed by atoms with van der Waals surface area (Å²) in [6.07, 6.45) is 4.52. The highest BCUT2D eigenvalue weighted by atomic mass is 16.2. The number of benzene rings is 1. The first-order valence-corrected chi connectivity index (χ1v) is 7.36. The standard InChI is InChI=1S/C16H22N2O/c1-11-4-3-5-12(2)18(11)16(19)14-6-7-15-13(10-14)8-9-17-15/h6-7,10-12,17H,3-5,8-9H2,1-2H3. The summed E-state index contributed by atoms with van der Waals surface area (Å²) in [5, 5.41) is 3.34. The lowest BCUT2D eigenvalue weighted by atomic mass is 9.96. The number of fused-ring (bicyclic) bond motifs is 1. The third-order valence-corrected chi connectivity index (χ3v) is 4.49. The smallest absolute Gasteiger partial charge is 0.254 e. The maximum atomic E-state index is 12.7. The highest BCUT2D eigenvalue weighted by molar-refractivity contribution is 5.95. The maximum Gasteiger partial charge on any atom is 0.254 e. The van der Waals surface area contributed by atoms with Gasteiger partial charge in [0.05, 0.1) is 0 Å². The van der Waals surface area contributed by atoms with E-state index in [0.29, 0.717) is 12.1 Å². The van der Waals surface area contributed by atoms with E-state index in [2.05, 4.69) is 36.2 Å². The predicted octanol–water partition coefficient (Wildman–Crippen LogP) is 3.06. The molecule has 3 nitrogen and oxygen atoms in total. The average Bonchev–Trinajstić information content (AvgIpc) is 2.85. The molecular weight excluding hydrogens is 236 g/mol. The van der Waals surface area contributed by atoms with Crippen molar-refractivity contribution in [3.05, 3.63) is 29.3 Å². The van der Waals surface area contributed by atoms with Crippen LogP contribution < -0.4 is 5.32 Å². The monoisotopic (exact) mass is 258 g/mol. The SMILES string of the molecule is CC1CCCC(C)N1C(=O)c1ccc2c(c1)CCN2. The summed E-state index contributed by atoms with van der Waals surface area (Å²) < 4.78 is 0. The molecule has 2 heterocycles. The molecule has 2 unspecified atom stereocenters. The van der Waals surface area contributed by atoms with Crippen molar-refractivity contribution in [2.75, 3.05) is 11.9 Å². The highest BCUT2D eigenvalue weighted by Crippen LogP contribution is 2.27. The molecule has 1 saturated heterocycles. The van der Waals surface area contributed by atoms with Crippen molar-refractivity contribution >= 4 is 11.6 Å². The molecule has 3 heteroatoms. The summed E-state index contributed by atoms with van der Waals surface area (Å²) in [6, 6.07) is 6.82. The molecule has 19 heavy (non-hydrogen) atoms. The van der Waals surface area contributed by atoms with Gasteiger partial charge in [-0.1, -0.05) is 0 Å². The second-order valence-corrected chi connectivity index (χ2v) is 5.89. The third kappa shape index (κ3) is 2.22. The third-order valence-electron chi connectivity index (χ3n) is 4.49. The zero-order valence-electron chi connectivity index (χ0n) is 11.8. The maximum absolute atomic E-state index is 12.7. The summed E-state index contributed by atoms with van der Waals surface area (Å²) in [5.74, 6) is 0.203. The van der Waals surface area contributed by atoms with Crippen LogP contribution in [0.2, 0.25) is 0 Å². The number of amides is 1. The van der Waals surface area contributed by atoms with Crippen LogP contribution in [0.3, 0.4) is 0 Å². The summed E-state index contributed by atoms with van der Waals surface area (Å²) in [6.45, 7) is 5.33. The summed E-state index contributed by atoms with van der Waals surface area (Å²) in [7, 11) is 0. The van der Waals surface area contributed by atoms with Crippen molar-refractivity contribution in [2.45, 2.75) is 51.6 Å². The zero-order chi connectivity index (χ0) is 13.4. The molecule has 1 aromatic carbocycles. The normalized spacial score (nSPS) is 25.9. The first-order chi connectivity index (χ1) is 9.16. The van der Waals surface area contributed by atoms with Gasteiger partial charge in [0.15, 0.2) is 0 Å². The van der Waals surface area contributed by atoms with Gasteiger partial charge in [0, 0.05) is 29.9 Å². The Bertz CT molecular complexity index is 488. The number of hydrogen-bond acceptors (Lipinski definition) is 2. The van der Waals surface area contributed by atoms with Gasteiger partial charge in [0.2, 0.25) is 0 Å². The molecule has 2 aliphatic heterocycles. The molecule has 0 bridgehead atoms. The first kappa shape index (κ1) is 12.5. The molecule has 102 valence electrons. The van der Waals surface area contributed by atoms with Crippen LogP contribution in [-0.2, 0) is 6.42 Å². The molecule has 2 aliphatic rings. The van der Waals surface area contributed by atoms with Crippen LogP contribution in [0.4, 0.5) is 5.69 Å². The van der Waals surface area contributed by atoms with Crippen LogP contribution in [0.1, 0.15) is 49.0 Å². The molecule has 0 radical (unpaired) electrons. The Kier molecular flexibility index (Phi) is 3.21. The van der Waals surface area contributed by atoms with Crippen LogP contribution in [0.25, 0.3) is 0 Å². The highest BCUT2D eigenvalue weighted by Gasteiger charge is 2.30. The lowest BCUT2D eigenvalue weighted by Gasteiger charge is -2.39. The van der Waals surface area contributed by atoms with Gasteiger partial charge in [-0.05, 0) is 63.3 Å². The molecule has 0 saturated carbocycles. The van der Waals surface area contributed by atoms with E-state index in [4.69, 9.17) is 0 Å². The molecule has 1 N–H and O–H groups in total. The van der Waals surface area contributed by atoms with Gasteiger partial charge in [-0.2, -0.15) is 0 Å². The van der Waals surface area contributed by atoms with Gasteiger partial charge in [-0.25, -0.2) is 0 Å². The lowest BCUT2D eigenvalue weighted by molar-refractivity contribution is 0.0510. The molecule has 0 spiro atoms. The molecule has 1 fully saturated rings. The fourth-order valence-corrected chi connectivity index (χ4v) is 3.41. The number of piperidine rings is 1.